The lowest BCUT2D eigenvalue weighted by Crippen LogP contribution is -2.49. The molecule has 2 aliphatic heterocycles. The van der Waals surface area contributed by atoms with Crippen LogP contribution in [0.3, 0.4) is 0 Å². The third-order valence-corrected chi connectivity index (χ3v) is 4.71. The van der Waals surface area contributed by atoms with Crippen LogP contribution in [-0.2, 0) is 9.53 Å². The van der Waals surface area contributed by atoms with E-state index in [0.717, 1.165) is 39.1 Å². The van der Waals surface area contributed by atoms with E-state index in [2.05, 4.69) is 15.1 Å². The molecule has 0 aliphatic carbocycles. The average Bonchev–Trinajstić information content (AvgIpc) is 2.94. The van der Waals surface area contributed by atoms with Gasteiger partial charge in [0, 0.05) is 38.8 Å². The Morgan fingerprint density at radius 3 is 2.65 bits per heavy atom. The summed E-state index contributed by atoms with van der Waals surface area (Å²) in [6.07, 6.45) is 2.13. The Morgan fingerprint density at radius 2 is 2.00 bits per heavy atom. The van der Waals surface area contributed by atoms with Gasteiger partial charge in [0.05, 0.1) is 12.5 Å². The third-order valence-electron chi connectivity index (χ3n) is 4.71. The van der Waals surface area contributed by atoms with Gasteiger partial charge < -0.3 is 15.0 Å². The Kier molecular flexibility index (Phi) is 5.41. The van der Waals surface area contributed by atoms with Crippen LogP contribution < -0.4 is 5.32 Å². The van der Waals surface area contributed by atoms with E-state index < -0.39 is 0 Å². The quantitative estimate of drug-likeness (QED) is 0.747. The number of hydrogen-bond donors (Lipinski definition) is 1. The Labute approximate surface area is 122 Å². The van der Waals surface area contributed by atoms with Crippen LogP contribution in [0.15, 0.2) is 0 Å². The Balaban J connectivity index is 1.74. The van der Waals surface area contributed by atoms with E-state index in [4.69, 9.17) is 4.74 Å². The second-order valence-electron chi connectivity index (χ2n) is 6.65. The zero-order valence-electron chi connectivity index (χ0n) is 13.2. The van der Waals surface area contributed by atoms with Crippen LogP contribution >= 0.6 is 0 Å². The van der Waals surface area contributed by atoms with Crippen molar-refractivity contribution in [2.24, 2.45) is 5.41 Å². The van der Waals surface area contributed by atoms with Crippen LogP contribution in [0.1, 0.15) is 26.7 Å². The van der Waals surface area contributed by atoms with Gasteiger partial charge >= 0.3 is 5.97 Å². The number of nitrogens with zero attached hydrogens (tertiary/aromatic N) is 2. The van der Waals surface area contributed by atoms with Gasteiger partial charge in [-0.05, 0) is 39.8 Å². The monoisotopic (exact) mass is 283 g/mol. The van der Waals surface area contributed by atoms with E-state index in [-0.39, 0.29) is 11.4 Å². The molecule has 2 aliphatic rings. The molecular weight excluding hydrogens is 254 g/mol. The summed E-state index contributed by atoms with van der Waals surface area (Å²) in [5, 5.41) is 3.41. The van der Waals surface area contributed by atoms with Crippen LogP contribution in [-0.4, -0.2) is 74.7 Å². The first-order valence-corrected chi connectivity index (χ1v) is 7.78. The lowest BCUT2D eigenvalue weighted by molar-refractivity contribution is -0.151. The molecule has 0 bridgehead atoms. The Hall–Kier alpha value is -0.650. The molecule has 2 rings (SSSR count). The van der Waals surface area contributed by atoms with E-state index in [1.807, 2.05) is 13.8 Å². The zero-order chi connectivity index (χ0) is 14.6. The SMILES string of the molecule is COC(=O)C(C)(C)CCN1CCC(N2CCNCC2)C1. The number of nitrogens with one attached hydrogen (secondary N) is 1. The molecule has 5 heteroatoms. The maximum Gasteiger partial charge on any atom is 0.311 e. The molecule has 2 saturated heterocycles. The molecule has 0 aromatic rings. The van der Waals surface area contributed by atoms with Gasteiger partial charge in [0.25, 0.3) is 0 Å². The fourth-order valence-electron chi connectivity index (χ4n) is 3.18. The van der Waals surface area contributed by atoms with Crippen molar-refractivity contribution in [3.8, 4) is 0 Å². The maximum absolute atomic E-state index is 11.7. The molecule has 0 spiro atoms. The van der Waals surface area contributed by atoms with Gasteiger partial charge in [-0.25, -0.2) is 0 Å². The van der Waals surface area contributed by atoms with Crippen molar-refractivity contribution in [3.05, 3.63) is 0 Å². The first-order chi connectivity index (χ1) is 9.53. The minimum absolute atomic E-state index is 0.102. The summed E-state index contributed by atoms with van der Waals surface area (Å²) in [7, 11) is 1.47. The van der Waals surface area contributed by atoms with Gasteiger partial charge in [0.2, 0.25) is 0 Å². The van der Waals surface area contributed by atoms with Crippen molar-refractivity contribution < 1.29 is 9.53 Å². The van der Waals surface area contributed by atoms with Crippen molar-refractivity contribution in [1.29, 1.82) is 0 Å². The molecule has 0 radical (unpaired) electrons. The molecule has 5 nitrogen and oxygen atoms in total. The number of hydrogen-bond acceptors (Lipinski definition) is 5. The number of rotatable bonds is 5. The van der Waals surface area contributed by atoms with Gasteiger partial charge in [0.1, 0.15) is 0 Å². The van der Waals surface area contributed by atoms with Crippen molar-refractivity contribution in [2.45, 2.75) is 32.7 Å². The fraction of sp³-hybridized carbons (Fsp3) is 0.933. The smallest absolute Gasteiger partial charge is 0.311 e. The highest BCUT2D eigenvalue weighted by molar-refractivity contribution is 5.75. The van der Waals surface area contributed by atoms with Crippen molar-refractivity contribution in [3.63, 3.8) is 0 Å². The summed E-state index contributed by atoms with van der Waals surface area (Å²) < 4.78 is 4.87. The minimum atomic E-state index is -0.373. The molecular formula is C15H29N3O2. The van der Waals surface area contributed by atoms with Crippen LogP contribution in [0.25, 0.3) is 0 Å². The topological polar surface area (TPSA) is 44.8 Å². The maximum atomic E-state index is 11.7. The minimum Gasteiger partial charge on any atom is -0.469 e. The van der Waals surface area contributed by atoms with Gasteiger partial charge in [-0.1, -0.05) is 0 Å². The second-order valence-corrected chi connectivity index (χ2v) is 6.65. The fourth-order valence-corrected chi connectivity index (χ4v) is 3.18. The van der Waals surface area contributed by atoms with E-state index in [1.165, 1.54) is 26.6 Å². The molecule has 0 aromatic carbocycles. The summed E-state index contributed by atoms with van der Waals surface area (Å²) in [6.45, 7) is 11.8. The summed E-state index contributed by atoms with van der Waals surface area (Å²) in [4.78, 5) is 16.8. The predicted molar refractivity (Wildman–Crippen MR) is 79.7 cm³/mol. The molecule has 1 unspecified atom stereocenters. The summed E-state index contributed by atoms with van der Waals surface area (Å²) in [5.41, 5.74) is -0.373. The lowest BCUT2D eigenvalue weighted by Gasteiger charge is -2.33. The summed E-state index contributed by atoms with van der Waals surface area (Å²) in [6, 6.07) is 0.707. The van der Waals surface area contributed by atoms with Crippen LogP contribution in [0.2, 0.25) is 0 Å². The highest BCUT2D eigenvalue weighted by atomic mass is 16.5. The number of carbonyl (C=O) groups is 1. The number of likely N-dealkylation sites (tertiary alicyclic amines) is 1. The molecule has 0 amide bonds. The average molecular weight is 283 g/mol. The Morgan fingerprint density at radius 1 is 1.30 bits per heavy atom. The molecule has 1 atom stereocenters. The first-order valence-electron chi connectivity index (χ1n) is 7.78. The van der Waals surface area contributed by atoms with Gasteiger partial charge in [0.15, 0.2) is 0 Å². The largest absolute Gasteiger partial charge is 0.469 e. The number of piperazine rings is 1. The van der Waals surface area contributed by atoms with Gasteiger partial charge in [-0.15, -0.1) is 0 Å². The summed E-state index contributed by atoms with van der Waals surface area (Å²) in [5.74, 6) is -0.102. The predicted octanol–water partition coefficient (Wildman–Crippen LogP) is 0.555. The molecule has 2 heterocycles. The lowest BCUT2D eigenvalue weighted by atomic mass is 9.89. The van der Waals surface area contributed by atoms with E-state index >= 15 is 0 Å². The second kappa shape index (κ2) is 6.87. The third kappa shape index (κ3) is 3.93. The Bertz CT molecular complexity index is 327. The van der Waals surface area contributed by atoms with Crippen molar-refractivity contribution in [1.82, 2.24) is 15.1 Å². The molecule has 116 valence electrons. The normalized spacial score (nSPS) is 25.9. The molecule has 0 aromatic heterocycles. The highest BCUT2D eigenvalue weighted by Gasteiger charge is 2.32. The van der Waals surface area contributed by atoms with E-state index in [9.17, 15) is 4.79 Å². The van der Waals surface area contributed by atoms with Crippen LogP contribution in [0, 0.1) is 5.41 Å². The van der Waals surface area contributed by atoms with Crippen LogP contribution in [0.4, 0.5) is 0 Å². The standard InChI is InChI=1S/C15H29N3O2/c1-15(2,14(19)20-3)5-9-17-8-4-13(12-17)18-10-6-16-7-11-18/h13,16H,4-12H2,1-3H3. The molecule has 2 fully saturated rings. The van der Waals surface area contributed by atoms with Gasteiger partial charge in [-0.2, -0.15) is 0 Å². The molecule has 0 saturated carbocycles. The molecule has 20 heavy (non-hydrogen) atoms. The number of carbonyl (C=O) groups excluding carboxylic acids is 1. The molecule has 1 N–H and O–H groups in total. The number of ether oxygens (including phenoxy) is 1. The first kappa shape index (κ1) is 15.7. The van der Waals surface area contributed by atoms with Crippen molar-refractivity contribution in [2.75, 3.05) is 52.9 Å². The van der Waals surface area contributed by atoms with E-state index in [0.29, 0.717) is 6.04 Å². The van der Waals surface area contributed by atoms with Gasteiger partial charge in [-0.3, -0.25) is 9.69 Å². The van der Waals surface area contributed by atoms with E-state index in [1.54, 1.807) is 0 Å². The highest BCUT2D eigenvalue weighted by Crippen LogP contribution is 2.24. The number of methoxy groups -OCH3 is 1. The number of esters is 1. The van der Waals surface area contributed by atoms with Crippen LogP contribution in [0.5, 0.6) is 0 Å². The summed E-state index contributed by atoms with van der Waals surface area (Å²) >= 11 is 0. The zero-order valence-corrected chi connectivity index (χ0v) is 13.2. The van der Waals surface area contributed by atoms with Crippen molar-refractivity contribution >= 4 is 5.97 Å².